The van der Waals surface area contributed by atoms with Crippen LogP contribution in [0.15, 0.2) is 18.2 Å². The lowest BCUT2D eigenvalue weighted by atomic mass is 10.1. The molecule has 0 radical (unpaired) electrons. The minimum atomic E-state index is -0.265. The minimum Gasteiger partial charge on any atom is -0.494 e. The van der Waals surface area contributed by atoms with E-state index in [2.05, 4.69) is 11.0 Å². The number of likely N-dealkylation sites (tertiary alicyclic amines) is 1. The second kappa shape index (κ2) is 5.93. The van der Waals surface area contributed by atoms with Gasteiger partial charge in [-0.1, -0.05) is 6.07 Å². The Morgan fingerprint density at radius 1 is 1.26 bits per heavy atom. The highest BCUT2D eigenvalue weighted by molar-refractivity contribution is 5.39. The van der Waals surface area contributed by atoms with Crippen molar-refractivity contribution in [1.82, 2.24) is 4.90 Å². The average Bonchev–Trinajstić information content (AvgIpc) is 3.05. The summed E-state index contributed by atoms with van der Waals surface area (Å²) in [4.78, 5) is 2.52. The van der Waals surface area contributed by atoms with E-state index >= 15 is 0 Å². The quantitative estimate of drug-likeness (QED) is 0.827. The molecule has 0 spiro atoms. The second-order valence-electron chi connectivity index (χ2n) is 5.67. The van der Waals surface area contributed by atoms with Crippen LogP contribution in [0.1, 0.15) is 42.9 Å². The molecule has 0 unspecified atom stereocenters. The van der Waals surface area contributed by atoms with Crippen molar-refractivity contribution >= 4 is 0 Å². The number of hydrogen-bond donors (Lipinski definition) is 1. The van der Waals surface area contributed by atoms with Crippen molar-refractivity contribution in [3.05, 3.63) is 29.3 Å². The maximum Gasteiger partial charge on any atom is 0.119 e. The zero-order chi connectivity index (χ0) is 13.1. The van der Waals surface area contributed by atoms with E-state index in [4.69, 9.17) is 4.74 Å². The molecule has 1 aliphatic carbocycles. The normalized spacial score (nSPS) is 22.7. The van der Waals surface area contributed by atoms with Crippen LogP contribution >= 0.6 is 0 Å². The number of aliphatic hydroxyl groups is 1. The molecule has 1 heterocycles. The van der Waals surface area contributed by atoms with Crippen molar-refractivity contribution in [3.63, 3.8) is 0 Å². The lowest BCUT2D eigenvalue weighted by Gasteiger charge is -2.14. The van der Waals surface area contributed by atoms with Crippen LogP contribution in [0.4, 0.5) is 0 Å². The van der Waals surface area contributed by atoms with Crippen LogP contribution in [-0.2, 0) is 6.42 Å². The predicted molar refractivity (Wildman–Crippen MR) is 75.5 cm³/mol. The fourth-order valence-corrected chi connectivity index (χ4v) is 3.15. The Morgan fingerprint density at radius 2 is 2.11 bits per heavy atom. The molecule has 1 fully saturated rings. The third kappa shape index (κ3) is 3.10. The minimum absolute atomic E-state index is 0.265. The number of benzene rings is 1. The van der Waals surface area contributed by atoms with Crippen LogP contribution in [0.3, 0.4) is 0 Å². The van der Waals surface area contributed by atoms with Gasteiger partial charge in [-0.3, -0.25) is 0 Å². The van der Waals surface area contributed by atoms with E-state index < -0.39 is 0 Å². The molecule has 2 aliphatic rings. The number of fused-ring (bicyclic) bond motifs is 1. The van der Waals surface area contributed by atoms with Crippen LogP contribution in [0, 0.1) is 0 Å². The SMILES string of the molecule is O[C@@H]1CCc2cc(OCCCN3CCCC3)ccc21. The van der Waals surface area contributed by atoms with Crippen LogP contribution < -0.4 is 4.74 Å². The Bertz CT molecular complexity index is 427. The topological polar surface area (TPSA) is 32.7 Å². The molecule has 104 valence electrons. The molecule has 0 saturated carbocycles. The van der Waals surface area contributed by atoms with E-state index in [9.17, 15) is 5.11 Å². The summed E-state index contributed by atoms with van der Waals surface area (Å²) in [6.45, 7) is 4.47. The van der Waals surface area contributed by atoms with Gasteiger partial charge in [-0.2, -0.15) is 0 Å². The highest BCUT2D eigenvalue weighted by Crippen LogP contribution is 2.33. The van der Waals surface area contributed by atoms with Crippen LogP contribution in [-0.4, -0.2) is 36.2 Å². The first-order valence-electron chi connectivity index (χ1n) is 7.49. The molecule has 19 heavy (non-hydrogen) atoms. The fourth-order valence-electron chi connectivity index (χ4n) is 3.15. The van der Waals surface area contributed by atoms with E-state index in [1.54, 1.807) is 0 Å². The van der Waals surface area contributed by atoms with Gasteiger partial charge < -0.3 is 14.7 Å². The molecule has 1 atom stereocenters. The molecule has 0 aromatic heterocycles. The van der Waals surface area contributed by atoms with Crippen molar-refractivity contribution < 1.29 is 9.84 Å². The first-order chi connectivity index (χ1) is 9.33. The van der Waals surface area contributed by atoms with Crippen molar-refractivity contribution in [3.8, 4) is 5.75 Å². The molecule has 1 saturated heterocycles. The van der Waals surface area contributed by atoms with Crippen molar-refractivity contribution in [2.24, 2.45) is 0 Å². The van der Waals surface area contributed by atoms with E-state index in [1.165, 1.54) is 31.5 Å². The van der Waals surface area contributed by atoms with Crippen LogP contribution in [0.25, 0.3) is 0 Å². The molecule has 3 nitrogen and oxygen atoms in total. The highest BCUT2D eigenvalue weighted by Gasteiger charge is 2.20. The molecule has 0 amide bonds. The Morgan fingerprint density at radius 3 is 2.95 bits per heavy atom. The van der Waals surface area contributed by atoms with Gasteiger partial charge in [0.15, 0.2) is 0 Å². The second-order valence-corrected chi connectivity index (χ2v) is 5.67. The average molecular weight is 261 g/mol. The summed E-state index contributed by atoms with van der Waals surface area (Å²) in [7, 11) is 0. The number of aryl methyl sites for hydroxylation is 1. The van der Waals surface area contributed by atoms with Gasteiger partial charge in [0, 0.05) is 6.54 Å². The smallest absolute Gasteiger partial charge is 0.119 e. The van der Waals surface area contributed by atoms with Gasteiger partial charge in [0.2, 0.25) is 0 Å². The zero-order valence-electron chi connectivity index (χ0n) is 11.5. The Labute approximate surface area is 115 Å². The molecular weight excluding hydrogens is 238 g/mol. The molecule has 1 aromatic rings. The predicted octanol–water partition coefficient (Wildman–Crippen LogP) is 2.53. The Balaban J connectivity index is 1.45. The summed E-state index contributed by atoms with van der Waals surface area (Å²) >= 11 is 0. The number of aliphatic hydroxyl groups excluding tert-OH is 1. The first-order valence-corrected chi connectivity index (χ1v) is 7.49. The lowest BCUT2D eigenvalue weighted by molar-refractivity contribution is 0.180. The number of hydrogen-bond acceptors (Lipinski definition) is 3. The fraction of sp³-hybridized carbons (Fsp3) is 0.625. The van der Waals surface area contributed by atoms with Crippen LogP contribution in [0.5, 0.6) is 5.75 Å². The monoisotopic (exact) mass is 261 g/mol. The molecule has 1 aromatic carbocycles. The van der Waals surface area contributed by atoms with Crippen molar-refractivity contribution in [1.29, 1.82) is 0 Å². The standard InChI is InChI=1S/C16H23NO2/c18-16-7-4-13-12-14(5-6-15(13)16)19-11-3-10-17-8-1-2-9-17/h5-6,12,16,18H,1-4,7-11H2/t16-/m1/s1. The summed E-state index contributed by atoms with van der Waals surface area (Å²) in [6, 6.07) is 6.10. The van der Waals surface area contributed by atoms with Gasteiger partial charge in [-0.25, -0.2) is 0 Å². The lowest BCUT2D eigenvalue weighted by Crippen LogP contribution is -2.21. The summed E-state index contributed by atoms with van der Waals surface area (Å²) in [6.07, 6.45) is 5.37. The summed E-state index contributed by atoms with van der Waals surface area (Å²) in [5.74, 6) is 0.953. The number of ether oxygens (including phenoxy) is 1. The molecule has 3 rings (SSSR count). The van der Waals surface area contributed by atoms with Crippen LogP contribution in [0.2, 0.25) is 0 Å². The van der Waals surface area contributed by atoms with E-state index in [0.29, 0.717) is 0 Å². The third-order valence-electron chi connectivity index (χ3n) is 4.25. The summed E-state index contributed by atoms with van der Waals surface area (Å²) in [5.41, 5.74) is 2.34. The maximum atomic E-state index is 9.76. The van der Waals surface area contributed by atoms with Gasteiger partial charge in [-0.15, -0.1) is 0 Å². The molecule has 1 N–H and O–H groups in total. The van der Waals surface area contributed by atoms with E-state index in [1.807, 2.05) is 12.1 Å². The maximum absolute atomic E-state index is 9.76. The van der Waals surface area contributed by atoms with Crippen molar-refractivity contribution in [2.45, 2.75) is 38.2 Å². The molecule has 1 aliphatic heterocycles. The Kier molecular flexibility index (Phi) is 4.04. The largest absolute Gasteiger partial charge is 0.494 e. The number of rotatable bonds is 5. The van der Waals surface area contributed by atoms with Crippen molar-refractivity contribution in [2.75, 3.05) is 26.2 Å². The van der Waals surface area contributed by atoms with Gasteiger partial charge in [-0.05, 0) is 68.5 Å². The van der Waals surface area contributed by atoms with Gasteiger partial charge >= 0.3 is 0 Å². The van der Waals surface area contributed by atoms with Gasteiger partial charge in [0.05, 0.1) is 12.7 Å². The molecular formula is C16H23NO2. The van der Waals surface area contributed by atoms with E-state index in [0.717, 1.165) is 43.7 Å². The third-order valence-corrected chi connectivity index (χ3v) is 4.25. The summed E-state index contributed by atoms with van der Waals surface area (Å²) in [5, 5.41) is 9.76. The highest BCUT2D eigenvalue weighted by atomic mass is 16.5. The van der Waals surface area contributed by atoms with Gasteiger partial charge in [0.25, 0.3) is 0 Å². The zero-order valence-corrected chi connectivity index (χ0v) is 11.5. The molecule has 3 heteroatoms. The van der Waals surface area contributed by atoms with Gasteiger partial charge in [0.1, 0.15) is 5.75 Å². The summed E-state index contributed by atoms with van der Waals surface area (Å²) < 4.78 is 5.82. The number of nitrogens with zero attached hydrogens (tertiary/aromatic N) is 1. The Hall–Kier alpha value is -1.06. The van der Waals surface area contributed by atoms with E-state index in [-0.39, 0.29) is 6.10 Å². The first kappa shape index (κ1) is 12.9. The molecule has 0 bridgehead atoms.